The number of halogens is 1. The molecule has 0 spiro atoms. The summed E-state index contributed by atoms with van der Waals surface area (Å²) in [6.45, 7) is 3.58. The summed E-state index contributed by atoms with van der Waals surface area (Å²) in [5.74, 6) is 2.30. The van der Waals surface area contributed by atoms with Gasteiger partial charge in [0.2, 0.25) is 5.88 Å². The summed E-state index contributed by atoms with van der Waals surface area (Å²) in [6, 6.07) is 9.68. The summed E-state index contributed by atoms with van der Waals surface area (Å²) in [5, 5.41) is 0. The van der Waals surface area contributed by atoms with E-state index in [9.17, 15) is 0 Å². The zero-order valence-electron chi connectivity index (χ0n) is 12.9. The summed E-state index contributed by atoms with van der Waals surface area (Å²) in [4.78, 5) is 11.0. The molecule has 6 nitrogen and oxygen atoms in total. The minimum atomic E-state index is 0.458. The van der Waals surface area contributed by atoms with Gasteiger partial charge < -0.3 is 19.1 Å². The maximum absolute atomic E-state index is 5.82. The van der Waals surface area contributed by atoms with E-state index in [1.54, 1.807) is 7.11 Å². The topological polar surface area (TPSA) is 56.7 Å². The first kappa shape index (κ1) is 16.3. The Bertz CT molecular complexity index is 646. The van der Waals surface area contributed by atoms with E-state index in [4.69, 9.17) is 14.2 Å². The van der Waals surface area contributed by atoms with Crippen LogP contribution in [-0.2, 0) is 11.3 Å². The molecule has 0 radical (unpaired) electrons. The van der Waals surface area contributed by atoms with Gasteiger partial charge in [-0.25, -0.2) is 4.98 Å². The molecular formula is C16H18IN3O3. The van der Waals surface area contributed by atoms with Crippen molar-refractivity contribution in [3.8, 4) is 11.6 Å². The van der Waals surface area contributed by atoms with Crippen LogP contribution in [0.2, 0.25) is 0 Å². The Morgan fingerprint density at radius 2 is 1.91 bits per heavy atom. The van der Waals surface area contributed by atoms with Gasteiger partial charge in [0, 0.05) is 41.7 Å². The Morgan fingerprint density at radius 3 is 2.61 bits per heavy atom. The number of anilines is 1. The van der Waals surface area contributed by atoms with Crippen molar-refractivity contribution in [3.63, 3.8) is 0 Å². The van der Waals surface area contributed by atoms with E-state index in [2.05, 4.69) is 37.5 Å². The predicted octanol–water partition coefficient (Wildman–Crippen LogP) is 2.51. The lowest BCUT2D eigenvalue weighted by molar-refractivity contribution is 0.122. The number of hydrogen-bond donors (Lipinski definition) is 0. The van der Waals surface area contributed by atoms with Crippen molar-refractivity contribution in [3.05, 3.63) is 39.7 Å². The van der Waals surface area contributed by atoms with Crippen molar-refractivity contribution < 1.29 is 14.2 Å². The Hall–Kier alpha value is -1.61. The van der Waals surface area contributed by atoms with Gasteiger partial charge in [-0.2, -0.15) is 4.98 Å². The largest absolute Gasteiger partial charge is 0.497 e. The van der Waals surface area contributed by atoms with Crippen molar-refractivity contribution in [2.24, 2.45) is 0 Å². The van der Waals surface area contributed by atoms with Crippen molar-refractivity contribution in [1.82, 2.24) is 9.97 Å². The highest BCUT2D eigenvalue weighted by Crippen LogP contribution is 2.21. The Labute approximate surface area is 148 Å². The Morgan fingerprint density at radius 1 is 1.17 bits per heavy atom. The van der Waals surface area contributed by atoms with Gasteiger partial charge in [0.15, 0.2) is 3.83 Å². The molecule has 1 aliphatic heterocycles. The van der Waals surface area contributed by atoms with Gasteiger partial charge in [-0.05, 0) is 17.7 Å². The van der Waals surface area contributed by atoms with E-state index in [1.165, 1.54) is 0 Å². The highest BCUT2D eigenvalue weighted by Gasteiger charge is 2.15. The van der Waals surface area contributed by atoms with Crippen LogP contribution in [0.3, 0.4) is 0 Å². The lowest BCUT2D eigenvalue weighted by Gasteiger charge is -2.27. The normalized spacial score (nSPS) is 14.6. The molecule has 2 aromatic rings. The molecule has 1 aromatic heterocycles. The van der Waals surface area contributed by atoms with E-state index in [0.29, 0.717) is 16.3 Å². The van der Waals surface area contributed by atoms with Gasteiger partial charge in [-0.3, -0.25) is 0 Å². The first-order valence-electron chi connectivity index (χ1n) is 7.37. The summed E-state index contributed by atoms with van der Waals surface area (Å²) < 4.78 is 17.0. The lowest BCUT2D eigenvalue weighted by Crippen LogP contribution is -2.36. The molecule has 1 fully saturated rings. The van der Waals surface area contributed by atoms with Gasteiger partial charge in [0.25, 0.3) is 0 Å². The molecule has 0 aliphatic carbocycles. The minimum Gasteiger partial charge on any atom is -0.497 e. The summed E-state index contributed by atoms with van der Waals surface area (Å²) in [5.41, 5.74) is 1.06. The van der Waals surface area contributed by atoms with Crippen LogP contribution < -0.4 is 14.4 Å². The van der Waals surface area contributed by atoms with Crippen LogP contribution in [0.5, 0.6) is 11.6 Å². The lowest BCUT2D eigenvalue weighted by atomic mass is 10.2. The monoisotopic (exact) mass is 427 g/mol. The third kappa shape index (κ3) is 4.44. The molecule has 3 rings (SSSR count). The highest BCUT2D eigenvalue weighted by atomic mass is 127. The van der Waals surface area contributed by atoms with Gasteiger partial charge in [0.05, 0.1) is 20.3 Å². The molecule has 0 atom stereocenters. The zero-order chi connectivity index (χ0) is 16.1. The zero-order valence-corrected chi connectivity index (χ0v) is 15.0. The summed E-state index contributed by atoms with van der Waals surface area (Å²) in [6.07, 6.45) is 0. The number of methoxy groups -OCH3 is 1. The predicted molar refractivity (Wildman–Crippen MR) is 95.1 cm³/mol. The molecule has 0 bridgehead atoms. The molecular weight excluding hydrogens is 409 g/mol. The number of hydrogen-bond acceptors (Lipinski definition) is 6. The second-order valence-electron chi connectivity index (χ2n) is 5.07. The number of ether oxygens (including phenoxy) is 3. The Balaban J connectivity index is 1.68. The van der Waals surface area contributed by atoms with Crippen LogP contribution in [-0.4, -0.2) is 43.4 Å². The quantitative estimate of drug-likeness (QED) is 0.540. The maximum atomic E-state index is 5.82. The Kier molecular flexibility index (Phi) is 5.50. The number of nitrogens with zero attached hydrogens (tertiary/aromatic N) is 3. The van der Waals surface area contributed by atoms with Crippen molar-refractivity contribution in [2.75, 3.05) is 38.3 Å². The van der Waals surface area contributed by atoms with Gasteiger partial charge in [-0.1, -0.05) is 12.1 Å². The van der Waals surface area contributed by atoms with Gasteiger partial charge in [-0.15, -0.1) is 0 Å². The number of aromatic nitrogens is 2. The standard InChI is InChI=1S/C16H18IN3O3/c1-21-13-4-2-12(3-5-13)11-23-15-10-14(18-16(17)19-15)20-6-8-22-9-7-20/h2-5,10H,6-9,11H2,1H3. The molecule has 0 amide bonds. The second kappa shape index (κ2) is 7.78. The van der Waals surface area contributed by atoms with Gasteiger partial charge in [0.1, 0.15) is 18.2 Å². The van der Waals surface area contributed by atoms with E-state index in [0.717, 1.165) is 43.4 Å². The molecule has 122 valence electrons. The van der Waals surface area contributed by atoms with Crippen LogP contribution in [0.25, 0.3) is 0 Å². The third-order valence-corrected chi connectivity index (χ3v) is 4.03. The summed E-state index contributed by atoms with van der Waals surface area (Å²) >= 11 is 2.11. The van der Waals surface area contributed by atoms with Crippen molar-refractivity contribution in [2.45, 2.75) is 6.61 Å². The summed E-state index contributed by atoms with van der Waals surface area (Å²) in [7, 11) is 1.65. The van der Waals surface area contributed by atoms with Gasteiger partial charge >= 0.3 is 0 Å². The van der Waals surface area contributed by atoms with E-state index < -0.39 is 0 Å². The number of benzene rings is 1. The van der Waals surface area contributed by atoms with Crippen molar-refractivity contribution in [1.29, 1.82) is 0 Å². The van der Waals surface area contributed by atoms with Crippen LogP contribution in [0.1, 0.15) is 5.56 Å². The molecule has 23 heavy (non-hydrogen) atoms. The third-order valence-electron chi connectivity index (χ3n) is 3.54. The minimum absolute atomic E-state index is 0.458. The molecule has 1 aromatic carbocycles. The fraction of sp³-hybridized carbons (Fsp3) is 0.375. The van der Waals surface area contributed by atoms with Crippen LogP contribution >= 0.6 is 22.6 Å². The number of morpholine rings is 1. The maximum Gasteiger partial charge on any atom is 0.219 e. The van der Waals surface area contributed by atoms with Crippen LogP contribution in [0.15, 0.2) is 30.3 Å². The van der Waals surface area contributed by atoms with Crippen LogP contribution in [0.4, 0.5) is 5.82 Å². The second-order valence-corrected chi connectivity index (χ2v) is 6.03. The van der Waals surface area contributed by atoms with E-state index >= 15 is 0 Å². The number of rotatable bonds is 5. The smallest absolute Gasteiger partial charge is 0.219 e. The molecule has 1 aliphatic rings. The highest BCUT2D eigenvalue weighted by molar-refractivity contribution is 14.1. The fourth-order valence-electron chi connectivity index (χ4n) is 2.29. The molecule has 0 unspecified atom stereocenters. The fourth-order valence-corrected chi connectivity index (χ4v) is 2.78. The molecule has 7 heteroatoms. The average molecular weight is 427 g/mol. The molecule has 2 heterocycles. The molecule has 1 saturated heterocycles. The molecule has 0 N–H and O–H groups in total. The van der Waals surface area contributed by atoms with E-state index in [1.807, 2.05) is 30.3 Å². The molecule has 0 saturated carbocycles. The van der Waals surface area contributed by atoms with Crippen molar-refractivity contribution >= 4 is 28.4 Å². The van der Waals surface area contributed by atoms with Crippen LogP contribution in [0, 0.1) is 3.83 Å². The van der Waals surface area contributed by atoms with E-state index in [-0.39, 0.29) is 0 Å². The SMILES string of the molecule is COc1ccc(COc2cc(N3CCOCC3)nc(I)n2)cc1. The first-order chi connectivity index (χ1) is 11.2. The average Bonchev–Trinajstić information content (AvgIpc) is 2.61. The first-order valence-corrected chi connectivity index (χ1v) is 8.45.